The minimum atomic E-state index is -2.68. The molecule has 0 aromatic heterocycles. The fourth-order valence-corrected chi connectivity index (χ4v) is 7.11. The van der Waals surface area contributed by atoms with E-state index in [0.717, 1.165) is 38.5 Å². The Kier molecular flexibility index (Phi) is 11.2. The van der Waals surface area contributed by atoms with Crippen LogP contribution in [0.25, 0.3) is 0 Å². The average Bonchev–Trinajstić information content (AvgIpc) is 2.64. The second-order valence-electron chi connectivity index (χ2n) is 7.68. The van der Waals surface area contributed by atoms with Gasteiger partial charge in [0.2, 0.25) is 0 Å². The Labute approximate surface area is 160 Å². The summed E-state index contributed by atoms with van der Waals surface area (Å²) >= 11 is 0. The van der Waals surface area contributed by atoms with Gasteiger partial charge in [0.15, 0.2) is 7.29 Å². The fraction of sp³-hybridized carbons (Fsp3) is 0.727. The molecule has 0 radical (unpaired) electrons. The summed E-state index contributed by atoms with van der Waals surface area (Å²) in [5, 5.41) is 3.19. The van der Waals surface area contributed by atoms with Crippen LogP contribution in [0.4, 0.5) is 10.1 Å². The van der Waals surface area contributed by atoms with Gasteiger partial charge >= 0.3 is 0 Å². The lowest BCUT2D eigenvalue weighted by Crippen LogP contribution is -2.18. The van der Waals surface area contributed by atoms with E-state index in [-0.39, 0.29) is 5.82 Å². The number of halogens is 1. The molecule has 1 rings (SSSR count). The molecular weight excluding hydrogens is 344 g/mol. The van der Waals surface area contributed by atoms with E-state index in [1.165, 1.54) is 18.9 Å². The first-order chi connectivity index (χ1) is 12.5. The molecule has 0 heterocycles. The Hall–Kier alpha value is -0.820. The number of nitrogens with one attached hydrogen (secondary N) is 1. The third-order valence-corrected chi connectivity index (χ3v) is 8.25. The summed E-state index contributed by atoms with van der Waals surface area (Å²) in [5.74, 6) is 0.586. The van der Waals surface area contributed by atoms with Crippen LogP contribution >= 0.6 is 7.29 Å². The van der Waals surface area contributed by atoms with Gasteiger partial charge < -0.3 is 9.65 Å². The number of hydrogen-bond donors (Lipinski definition) is 1. The van der Waals surface area contributed by atoms with Crippen LogP contribution in [0.3, 0.4) is 0 Å². The first-order valence-corrected chi connectivity index (χ1v) is 12.7. The maximum absolute atomic E-state index is 14.2. The molecule has 4 heteroatoms. The van der Waals surface area contributed by atoms with Crippen molar-refractivity contribution in [1.29, 1.82) is 0 Å². The van der Waals surface area contributed by atoms with Crippen LogP contribution in [0.15, 0.2) is 24.3 Å². The van der Waals surface area contributed by atoms with Crippen molar-refractivity contribution >= 4 is 13.0 Å². The van der Waals surface area contributed by atoms with Gasteiger partial charge in [-0.25, -0.2) is 4.39 Å². The van der Waals surface area contributed by atoms with E-state index in [0.29, 0.717) is 29.8 Å². The molecule has 1 aromatic rings. The van der Waals surface area contributed by atoms with Crippen molar-refractivity contribution < 1.29 is 8.96 Å². The van der Waals surface area contributed by atoms with E-state index in [1.807, 2.05) is 0 Å². The second-order valence-corrected chi connectivity index (χ2v) is 10.4. The number of hydrogen-bond acceptors (Lipinski definition) is 1. The minimum Gasteiger partial charge on any atom is -0.334 e. The molecule has 0 spiro atoms. The molecule has 0 aliphatic rings. The summed E-state index contributed by atoms with van der Waals surface area (Å²) in [7, 11) is -2.68. The summed E-state index contributed by atoms with van der Waals surface area (Å²) < 4.78 is 28.1. The van der Waals surface area contributed by atoms with Gasteiger partial charge in [-0.05, 0) is 36.8 Å². The maximum Gasteiger partial charge on any atom is 0.170 e. The zero-order valence-corrected chi connectivity index (χ0v) is 18.2. The number of anilines is 1. The molecule has 1 aromatic carbocycles. The van der Waals surface area contributed by atoms with Crippen LogP contribution in [0.1, 0.15) is 79.1 Å². The predicted molar refractivity (Wildman–Crippen MR) is 114 cm³/mol. The summed E-state index contributed by atoms with van der Waals surface area (Å²) in [4.78, 5) is 0. The molecule has 0 saturated heterocycles. The molecule has 2 unspecified atom stereocenters. The van der Waals surface area contributed by atoms with Crippen molar-refractivity contribution in [3.63, 3.8) is 0 Å². The molecule has 0 amide bonds. The van der Waals surface area contributed by atoms with Crippen molar-refractivity contribution in [1.82, 2.24) is 0 Å². The van der Waals surface area contributed by atoms with E-state index in [9.17, 15) is 8.96 Å². The van der Waals surface area contributed by atoms with Crippen LogP contribution in [0.2, 0.25) is 0 Å². The highest BCUT2D eigenvalue weighted by molar-refractivity contribution is 7.65. The molecule has 2 atom stereocenters. The number of unbranched alkanes of at least 4 members (excludes halogenated alkanes) is 2. The molecule has 0 aliphatic heterocycles. The molecule has 2 nitrogen and oxygen atoms in total. The summed E-state index contributed by atoms with van der Waals surface area (Å²) in [5.41, 5.74) is 0.395. The van der Waals surface area contributed by atoms with Crippen LogP contribution < -0.4 is 5.09 Å². The largest absolute Gasteiger partial charge is 0.334 e. The third kappa shape index (κ3) is 8.25. The van der Waals surface area contributed by atoms with E-state index in [2.05, 4.69) is 32.8 Å². The SMILES string of the molecule is CCCCC(CC)CP(=O)(CC(CC)CCCC)Nc1ccccc1F. The average molecular weight is 384 g/mol. The van der Waals surface area contributed by atoms with Crippen molar-refractivity contribution in [2.24, 2.45) is 11.8 Å². The van der Waals surface area contributed by atoms with Crippen molar-refractivity contribution in [3.05, 3.63) is 30.1 Å². The molecule has 1 N–H and O–H groups in total. The Balaban J connectivity index is 2.97. The summed E-state index contributed by atoms with van der Waals surface area (Å²) in [6.07, 6.45) is 10.3. The standard InChI is InChI=1S/C22H39FNOP/c1-5-9-13-19(7-3)17-26(25,18-20(8-4)14-10-6-2)24-22-16-12-11-15-21(22)23/h11-12,15-16,19-20H,5-10,13-14,17-18H2,1-4H3,(H,24,25). The second kappa shape index (κ2) is 12.5. The number of benzene rings is 1. The smallest absolute Gasteiger partial charge is 0.170 e. The highest BCUT2D eigenvalue weighted by Crippen LogP contribution is 2.51. The summed E-state index contributed by atoms with van der Waals surface area (Å²) in [6, 6.07) is 6.63. The quantitative estimate of drug-likeness (QED) is 0.330. The zero-order chi connectivity index (χ0) is 19.4. The first-order valence-electron chi connectivity index (χ1n) is 10.6. The third-order valence-electron chi connectivity index (χ3n) is 5.39. The zero-order valence-electron chi connectivity index (χ0n) is 17.3. The van der Waals surface area contributed by atoms with Crippen molar-refractivity contribution in [2.75, 3.05) is 17.4 Å². The monoisotopic (exact) mass is 383 g/mol. The molecule has 0 fully saturated rings. The summed E-state index contributed by atoms with van der Waals surface area (Å²) in [6.45, 7) is 8.76. The first kappa shape index (κ1) is 23.2. The highest BCUT2D eigenvalue weighted by atomic mass is 31.2. The van der Waals surface area contributed by atoms with E-state index in [1.54, 1.807) is 18.2 Å². The Morgan fingerprint density at radius 1 is 0.923 bits per heavy atom. The molecule has 150 valence electrons. The van der Waals surface area contributed by atoms with E-state index in [4.69, 9.17) is 0 Å². The van der Waals surface area contributed by atoms with E-state index < -0.39 is 7.29 Å². The molecule has 0 aliphatic carbocycles. The molecule has 0 bridgehead atoms. The Bertz CT molecular complexity index is 527. The Morgan fingerprint density at radius 2 is 1.42 bits per heavy atom. The van der Waals surface area contributed by atoms with Crippen molar-refractivity contribution in [2.45, 2.75) is 79.1 Å². The topological polar surface area (TPSA) is 29.1 Å². The van der Waals surface area contributed by atoms with Gasteiger partial charge in [-0.3, -0.25) is 0 Å². The number of para-hydroxylation sites is 1. The van der Waals surface area contributed by atoms with Crippen LogP contribution in [-0.2, 0) is 4.57 Å². The lowest BCUT2D eigenvalue weighted by Gasteiger charge is -2.29. The fourth-order valence-electron chi connectivity index (χ4n) is 3.61. The number of rotatable bonds is 14. The maximum atomic E-state index is 14.2. The van der Waals surface area contributed by atoms with Gasteiger partial charge in [0.1, 0.15) is 5.82 Å². The van der Waals surface area contributed by atoms with Gasteiger partial charge in [0.25, 0.3) is 0 Å². The van der Waals surface area contributed by atoms with Gasteiger partial charge in [0.05, 0.1) is 5.69 Å². The predicted octanol–water partition coefficient (Wildman–Crippen LogP) is 7.95. The minimum absolute atomic E-state index is 0.309. The lowest BCUT2D eigenvalue weighted by molar-refractivity contribution is 0.464. The van der Waals surface area contributed by atoms with Crippen LogP contribution in [-0.4, -0.2) is 12.3 Å². The molecule has 26 heavy (non-hydrogen) atoms. The highest BCUT2D eigenvalue weighted by Gasteiger charge is 2.29. The van der Waals surface area contributed by atoms with Gasteiger partial charge in [0, 0.05) is 12.3 Å². The van der Waals surface area contributed by atoms with Gasteiger partial charge in [-0.1, -0.05) is 78.4 Å². The van der Waals surface area contributed by atoms with Crippen LogP contribution in [0, 0.1) is 17.7 Å². The van der Waals surface area contributed by atoms with Gasteiger partial charge in [-0.15, -0.1) is 0 Å². The Morgan fingerprint density at radius 3 is 1.85 bits per heavy atom. The normalized spacial score (nSPS) is 16.0. The van der Waals surface area contributed by atoms with Crippen LogP contribution in [0.5, 0.6) is 0 Å². The van der Waals surface area contributed by atoms with E-state index >= 15 is 0 Å². The lowest BCUT2D eigenvalue weighted by atomic mass is 10.0. The van der Waals surface area contributed by atoms with Gasteiger partial charge in [-0.2, -0.15) is 0 Å². The molecular formula is C22H39FNOP. The molecule has 0 saturated carbocycles. The van der Waals surface area contributed by atoms with Crippen molar-refractivity contribution in [3.8, 4) is 0 Å².